The van der Waals surface area contributed by atoms with Crippen molar-refractivity contribution in [3.63, 3.8) is 0 Å². The number of nitrogens with two attached hydrogens (primary N) is 1. The summed E-state index contributed by atoms with van der Waals surface area (Å²) in [5.41, 5.74) is 6.57. The second-order valence-corrected chi connectivity index (χ2v) is 7.24. The van der Waals surface area contributed by atoms with Crippen LogP contribution in [0, 0.1) is 5.92 Å². The third-order valence-corrected chi connectivity index (χ3v) is 4.53. The molecule has 0 aliphatic rings. The predicted octanol–water partition coefficient (Wildman–Crippen LogP) is -0.687. The summed E-state index contributed by atoms with van der Waals surface area (Å²) in [6, 6.07) is 6.13. The largest absolute Gasteiger partial charge is 0.480 e. The number of benzene rings is 1. The normalized spacial score (nSPS) is 13.8. The fourth-order valence-corrected chi connectivity index (χ4v) is 2.64. The first-order chi connectivity index (χ1) is 13.6. The quantitative estimate of drug-likeness (QED) is 0.259. The lowest BCUT2D eigenvalue weighted by molar-refractivity contribution is -0.138. The van der Waals surface area contributed by atoms with Gasteiger partial charge in [-0.05, 0) is 11.5 Å². The minimum absolute atomic E-state index is 0.00279. The molecule has 6 N–H and O–H groups in total. The topological polar surface area (TPSA) is 151 Å². The Kier molecular flexibility index (Phi) is 10.2. The van der Waals surface area contributed by atoms with Crippen molar-refractivity contribution in [1.29, 1.82) is 0 Å². The van der Waals surface area contributed by atoms with Crippen LogP contribution in [0.25, 0.3) is 0 Å². The first-order valence-corrected chi connectivity index (χ1v) is 9.79. The zero-order chi connectivity index (χ0) is 22.0. The number of carboxylic acid groups (broad SMARTS) is 1. The number of hydrogen-bond donors (Lipinski definition) is 6. The Morgan fingerprint density at radius 1 is 1.00 bits per heavy atom. The molecule has 1 aromatic rings. The van der Waals surface area contributed by atoms with Crippen molar-refractivity contribution in [2.75, 3.05) is 12.3 Å². The van der Waals surface area contributed by atoms with Gasteiger partial charge in [0.1, 0.15) is 18.6 Å². The molecule has 3 atom stereocenters. The van der Waals surface area contributed by atoms with Gasteiger partial charge in [0, 0.05) is 12.2 Å². The Hall–Kier alpha value is -2.59. The fourth-order valence-electron chi connectivity index (χ4n) is 2.38. The van der Waals surface area contributed by atoms with Crippen LogP contribution >= 0.6 is 12.6 Å². The molecule has 0 spiro atoms. The number of thiol groups is 1. The molecule has 1 rings (SSSR count). The second-order valence-electron chi connectivity index (χ2n) is 6.88. The lowest BCUT2D eigenvalue weighted by atomic mass is 10.0. The van der Waals surface area contributed by atoms with Crippen LogP contribution in [0.2, 0.25) is 0 Å². The molecule has 0 fully saturated rings. The molecule has 0 aliphatic heterocycles. The van der Waals surface area contributed by atoms with Gasteiger partial charge in [-0.3, -0.25) is 19.2 Å². The van der Waals surface area contributed by atoms with Gasteiger partial charge in [0.05, 0.1) is 6.04 Å². The van der Waals surface area contributed by atoms with Crippen LogP contribution in [0.1, 0.15) is 19.4 Å². The zero-order valence-electron chi connectivity index (χ0n) is 16.4. The zero-order valence-corrected chi connectivity index (χ0v) is 17.3. The highest BCUT2D eigenvalue weighted by atomic mass is 32.1. The van der Waals surface area contributed by atoms with E-state index in [-0.39, 0.29) is 18.1 Å². The molecule has 1 aromatic carbocycles. The highest BCUT2D eigenvalue weighted by molar-refractivity contribution is 7.80. The van der Waals surface area contributed by atoms with Crippen molar-refractivity contribution in [3.8, 4) is 0 Å². The van der Waals surface area contributed by atoms with Crippen LogP contribution in [-0.2, 0) is 25.6 Å². The van der Waals surface area contributed by atoms with Crippen molar-refractivity contribution in [2.45, 2.75) is 38.4 Å². The van der Waals surface area contributed by atoms with E-state index in [1.807, 2.05) is 6.07 Å². The van der Waals surface area contributed by atoms with E-state index in [9.17, 15) is 19.2 Å². The highest BCUT2D eigenvalue weighted by Gasteiger charge is 2.28. The summed E-state index contributed by atoms with van der Waals surface area (Å²) < 4.78 is 0. The Bertz CT molecular complexity index is 714. The van der Waals surface area contributed by atoms with Crippen molar-refractivity contribution in [1.82, 2.24) is 16.0 Å². The van der Waals surface area contributed by atoms with Gasteiger partial charge in [-0.15, -0.1) is 0 Å². The van der Waals surface area contributed by atoms with E-state index >= 15 is 0 Å². The summed E-state index contributed by atoms with van der Waals surface area (Å²) in [7, 11) is 0. The Labute approximate surface area is 175 Å². The maximum absolute atomic E-state index is 12.6. The molecule has 29 heavy (non-hydrogen) atoms. The number of carbonyl (C=O) groups is 4. The smallest absolute Gasteiger partial charge is 0.322 e. The Morgan fingerprint density at radius 2 is 1.59 bits per heavy atom. The summed E-state index contributed by atoms with van der Waals surface area (Å²) >= 11 is 4.10. The van der Waals surface area contributed by atoms with Gasteiger partial charge in [0.25, 0.3) is 0 Å². The van der Waals surface area contributed by atoms with Crippen molar-refractivity contribution < 1.29 is 24.3 Å². The predicted molar refractivity (Wildman–Crippen MR) is 111 cm³/mol. The number of nitrogens with one attached hydrogen (secondary N) is 3. The van der Waals surface area contributed by atoms with E-state index in [0.717, 1.165) is 5.56 Å². The number of carboxylic acids is 1. The maximum Gasteiger partial charge on any atom is 0.322 e. The molecular formula is C19H28N4O5S. The fraction of sp³-hybridized carbons (Fsp3) is 0.474. The number of rotatable bonds is 11. The van der Waals surface area contributed by atoms with Crippen LogP contribution in [0.5, 0.6) is 0 Å². The van der Waals surface area contributed by atoms with Crippen molar-refractivity contribution in [3.05, 3.63) is 35.9 Å². The molecule has 0 aromatic heterocycles. The standard InChI is InChI=1S/C19H28N4O5S/c1-11(2)16(20)19(28)23-14(10-29)18(27)22-13(17(26)21-9-15(24)25)8-12-6-4-3-5-7-12/h3-7,11,13-14,16,29H,8-10,20H2,1-2H3,(H,21,26)(H,22,27)(H,23,28)(H,24,25). The molecule has 0 saturated carbocycles. The SMILES string of the molecule is CC(C)C(N)C(=O)NC(CS)C(=O)NC(Cc1ccccc1)C(=O)NCC(=O)O. The van der Waals surface area contributed by atoms with Gasteiger partial charge in [-0.2, -0.15) is 12.6 Å². The van der Waals surface area contributed by atoms with E-state index < -0.39 is 48.4 Å². The van der Waals surface area contributed by atoms with Gasteiger partial charge < -0.3 is 26.8 Å². The van der Waals surface area contributed by atoms with E-state index in [1.165, 1.54) is 0 Å². The van der Waals surface area contributed by atoms with Gasteiger partial charge in [-0.1, -0.05) is 44.2 Å². The van der Waals surface area contributed by atoms with E-state index in [2.05, 4.69) is 28.6 Å². The average Bonchev–Trinajstić information content (AvgIpc) is 2.69. The minimum atomic E-state index is -1.20. The summed E-state index contributed by atoms with van der Waals surface area (Å²) in [5, 5.41) is 16.1. The first-order valence-electron chi connectivity index (χ1n) is 9.16. The van der Waals surface area contributed by atoms with Crippen LogP contribution in [0.3, 0.4) is 0 Å². The summed E-state index contributed by atoms with van der Waals surface area (Å²) in [5.74, 6) is -3.08. The van der Waals surface area contributed by atoms with E-state index in [4.69, 9.17) is 10.8 Å². The number of hydrogen-bond acceptors (Lipinski definition) is 6. The maximum atomic E-state index is 12.6. The molecule has 9 nitrogen and oxygen atoms in total. The molecule has 0 radical (unpaired) electrons. The molecule has 160 valence electrons. The third kappa shape index (κ3) is 8.53. The molecule has 3 amide bonds. The summed E-state index contributed by atoms with van der Waals surface area (Å²) in [4.78, 5) is 47.9. The first kappa shape index (κ1) is 24.4. The molecular weight excluding hydrogens is 396 g/mol. The molecule has 10 heteroatoms. The lowest BCUT2D eigenvalue weighted by Gasteiger charge is -2.24. The summed E-state index contributed by atoms with van der Waals surface area (Å²) in [6.45, 7) is 2.99. The molecule has 3 unspecified atom stereocenters. The minimum Gasteiger partial charge on any atom is -0.480 e. The molecule has 0 aliphatic carbocycles. The second kappa shape index (κ2) is 12.1. The monoisotopic (exact) mass is 424 g/mol. The van der Waals surface area contributed by atoms with E-state index in [0.29, 0.717) is 0 Å². The molecule has 0 heterocycles. The van der Waals surface area contributed by atoms with Crippen molar-refractivity contribution in [2.24, 2.45) is 11.7 Å². The van der Waals surface area contributed by atoms with Gasteiger partial charge >= 0.3 is 5.97 Å². The molecule has 0 bridgehead atoms. The lowest BCUT2D eigenvalue weighted by Crippen LogP contribution is -2.57. The van der Waals surface area contributed by atoms with Gasteiger partial charge in [0.2, 0.25) is 17.7 Å². The molecule has 0 saturated heterocycles. The number of amides is 3. The number of aliphatic carboxylic acids is 1. The van der Waals surface area contributed by atoms with Crippen LogP contribution < -0.4 is 21.7 Å². The Morgan fingerprint density at radius 3 is 2.10 bits per heavy atom. The van der Waals surface area contributed by atoms with Gasteiger partial charge in [0.15, 0.2) is 0 Å². The highest BCUT2D eigenvalue weighted by Crippen LogP contribution is 2.05. The third-order valence-electron chi connectivity index (χ3n) is 4.17. The van der Waals surface area contributed by atoms with Crippen molar-refractivity contribution >= 4 is 36.3 Å². The van der Waals surface area contributed by atoms with Crippen LogP contribution in [-0.4, -0.2) is 59.2 Å². The Balaban J connectivity index is 2.88. The number of carbonyl (C=O) groups excluding carboxylic acids is 3. The summed E-state index contributed by atoms with van der Waals surface area (Å²) in [6.07, 6.45) is 0.150. The van der Waals surface area contributed by atoms with Crippen LogP contribution in [0.4, 0.5) is 0 Å². The van der Waals surface area contributed by atoms with E-state index in [1.54, 1.807) is 38.1 Å². The average molecular weight is 425 g/mol. The van der Waals surface area contributed by atoms with Crippen LogP contribution in [0.15, 0.2) is 30.3 Å². The van der Waals surface area contributed by atoms with Gasteiger partial charge in [-0.25, -0.2) is 0 Å².